The predicted octanol–water partition coefficient (Wildman–Crippen LogP) is 12.1. The third kappa shape index (κ3) is 11.1. The number of amides is 1. The predicted molar refractivity (Wildman–Crippen MR) is 179 cm³/mol. The molecule has 2 aromatic rings. The Hall–Kier alpha value is -3.71. The number of halogens is 10. The average Bonchev–Trinajstić information content (AvgIpc) is 3.29. The molecule has 1 N–H and O–H groups in total. The topological polar surface area (TPSA) is 49.8 Å². The highest BCUT2D eigenvalue weighted by Crippen LogP contribution is 2.41. The Morgan fingerprint density at radius 1 is 0.922 bits per heavy atom. The van der Waals surface area contributed by atoms with Gasteiger partial charge in [-0.05, 0) is 118 Å². The molecule has 1 saturated heterocycles. The number of ether oxygens (including phenoxy) is 1. The van der Waals surface area contributed by atoms with E-state index in [0.717, 1.165) is 29.0 Å². The first-order valence-electron chi connectivity index (χ1n) is 15.9. The highest BCUT2D eigenvalue weighted by atomic mass is 35.5. The summed E-state index contributed by atoms with van der Waals surface area (Å²) in [5.74, 6) is 0. The molecule has 1 aliphatic rings. The second-order valence-electron chi connectivity index (χ2n) is 13.0. The largest absolute Gasteiger partial charge is 0.439 e. The molecule has 2 aromatic carbocycles. The average molecular weight is 752 g/mol. The molecular formula is C37H39ClF9NO3. The maximum absolute atomic E-state index is 13.5. The monoisotopic (exact) mass is 751 g/mol. The van der Waals surface area contributed by atoms with E-state index in [2.05, 4.69) is 0 Å². The summed E-state index contributed by atoms with van der Waals surface area (Å²) in [6, 6.07) is 4.89. The van der Waals surface area contributed by atoms with Crippen LogP contribution >= 0.6 is 11.6 Å². The van der Waals surface area contributed by atoms with Crippen molar-refractivity contribution in [3.63, 3.8) is 0 Å². The van der Waals surface area contributed by atoms with Crippen molar-refractivity contribution in [3.8, 4) is 0 Å². The molecule has 0 aromatic heterocycles. The van der Waals surface area contributed by atoms with E-state index in [9.17, 15) is 49.4 Å². The number of carbonyl (C=O) groups excluding carboxylic acids is 1. The first kappa shape index (κ1) is 41.7. The van der Waals surface area contributed by atoms with Crippen LogP contribution < -0.4 is 0 Å². The third-order valence-corrected chi connectivity index (χ3v) is 8.63. The van der Waals surface area contributed by atoms with Crippen LogP contribution in [-0.2, 0) is 17.1 Å². The lowest BCUT2D eigenvalue weighted by molar-refractivity contribution is -0.143. The van der Waals surface area contributed by atoms with E-state index < -0.39 is 64.6 Å². The van der Waals surface area contributed by atoms with Crippen LogP contribution in [0, 0.1) is 0 Å². The molecule has 0 bridgehead atoms. The number of hydrogen-bond donors (Lipinski definition) is 1. The summed E-state index contributed by atoms with van der Waals surface area (Å²) >= 11 is 6.60. The van der Waals surface area contributed by atoms with E-state index in [1.807, 2.05) is 26.0 Å². The number of alkyl halides is 9. The smallest absolute Gasteiger partial charge is 0.416 e. The van der Waals surface area contributed by atoms with E-state index in [0.29, 0.717) is 36.1 Å². The summed E-state index contributed by atoms with van der Waals surface area (Å²) in [5, 5.41) is 10.4. The highest BCUT2D eigenvalue weighted by Gasteiger charge is 2.43. The lowest BCUT2D eigenvalue weighted by Gasteiger charge is -2.23. The lowest BCUT2D eigenvalue weighted by Crippen LogP contribution is -2.33. The zero-order valence-corrected chi connectivity index (χ0v) is 29.5. The van der Waals surface area contributed by atoms with Gasteiger partial charge in [0.1, 0.15) is 6.10 Å². The van der Waals surface area contributed by atoms with Crippen molar-refractivity contribution >= 4 is 28.8 Å². The standard InChI is InChI=1S/C37H39ClF9NO3/c1-7-8-29(21(2)13-15-34(5,6)50)25-11-12-31(38)30(19-25)24(10-9-22(3)35(39,40)41)14-16-48-23(4)32(51-33(48)49)26-17-27(36(42,43)44)20-28(18-26)37(45,46)47/h8-13,17-20,23,32,50H,7,14-16H2,1-6H3/b21-13-,22-9+,24-10+,29-8+/t23-,32-/m0/s1. The summed E-state index contributed by atoms with van der Waals surface area (Å²) in [6.07, 6.45) is -10.7. The van der Waals surface area contributed by atoms with Gasteiger partial charge in [-0.1, -0.05) is 48.9 Å². The van der Waals surface area contributed by atoms with E-state index in [-0.39, 0.29) is 29.6 Å². The number of aliphatic hydroxyl groups is 1. The molecule has 14 heteroatoms. The third-order valence-electron chi connectivity index (χ3n) is 8.30. The Kier molecular flexibility index (Phi) is 13.0. The van der Waals surface area contributed by atoms with Crippen LogP contribution in [-0.4, -0.2) is 40.5 Å². The van der Waals surface area contributed by atoms with Crippen molar-refractivity contribution in [2.75, 3.05) is 6.54 Å². The van der Waals surface area contributed by atoms with Crippen molar-refractivity contribution in [1.29, 1.82) is 0 Å². The molecule has 2 atom stereocenters. The Bertz CT molecular complexity index is 1680. The molecular weight excluding hydrogens is 713 g/mol. The molecule has 1 heterocycles. The number of allylic oxidation sites excluding steroid dienone is 6. The van der Waals surface area contributed by atoms with Crippen molar-refractivity contribution in [3.05, 3.63) is 105 Å². The fourth-order valence-electron chi connectivity index (χ4n) is 5.42. The summed E-state index contributed by atoms with van der Waals surface area (Å²) in [4.78, 5) is 14.1. The van der Waals surface area contributed by atoms with Crippen molar-refractivity contribution < 1.29 is 54.2 Å². The van der Waals surface area contributed by atoms with Gasteiger partial charge in [-0.2, -0.15) is 39.5 Å². The number of benzene rings is 2. The van der Waals surface area contributed by atoms with Gasteiger partial charge in [-0.25, -0.2) is 4.79 Å². The summed E-state index contributed by atoms with van der Waals surface area (Å²) in [5.41, 5.74) is -2.66. The number of cyclic esters (lactones) is 1. The molecule has 0 saturated carbocycles. The van der Waals surface area contributed by atoms with Gasteiger partial charge in [0.15, 0.2) is 0 Å². The lowest BCUT2D eigenvalue weighted by atomic mass is 9.91. The van der Waals surface area contributed by atoms with Crippen LogP contribution in [0.2, 0.25) is 5.02 Å². The highest BCUT2D eigenvalue weighted by molar-refractivity contribution is 6.32. The SMILES string of the molecule is CC/C=C(\C(C)=C/CC(C)(C)O)c1ccc(Cl)c(/C(=C/C=C(\C)C(F)(F)F)CCN2C(=O)O[C@H](c3cc(C(F)(F)F)cc(C(F)(F)F)c3)[C@@H]2C)c1. The normalized spacial score (nSPS) is 18.8. The molecule has 0 radical (unpaired) electrons. The molecule has 0 unspecified atom stereocenters. The minimum Gasteiger partial charge on any atom is -0.439 e. The quantitative estimate of drug-likeness (QED) is 0.184. The minimum atomic E-state index is -5.12. The Morgan fingerprint density at radius 2 is 1.51 bits per heavy atom. The van der Waals surface area contributed by atoms with Gasteiger partial charge < -0.3 is 14.7 Å². The van der Waals surface area contributed by atoms with Crippen LogP contribution in [0.4, 0.5) is 44.3 Å². The molecule has 3 rings (SSSR count). The zero-order chi connectivity index (χ0) is 38.7. The van der Waals surface area contributed by atoms with Crippen LogP contribution in [0.25, 0.3) is 11.1 Å². The zero-order valence-electron chi connectivity index (χ0n) is 28.7. The van der Waals surface area contributed by atoms with Crippen LogP contribution in [0.3, 0.4) is 0 Å². The summed E-state index contributed by atoms with van der Waals surface area (Å²) < 4.78 is 127. The van der Waals surface area contributed by atoms with Gasteiger partial charge in [-0.15, -0.1) is 0 Å². The molecule has 1 fully saturated rings. The Balaban J connectivity index is 2.05. The van der Waals surface area contributed by atoms with E-state index in [4.69, 9.17) is 16.3 Å². The summed E-state index contributed by atoms with van der Waals surface area (Å²) in [7, 11) is 0. The first-order valence-corrected chi connectivity index (χ1v) is 16.3. The Labute approximate surface area is 295 Å². The van der Waals surface area contributed by atoms with Crippen molar-refractivity contribution in [2.24, 2.45) is 0 Å². The van der Waals surface area contributed by atoms with E-state index in [1.165, 1.54) is 13.0 Å². The fourth-order valence-corrected chi connectivity index (χ4v) is 5.66. The van der Waals surface area contributed by atoms with Crippen LogP contribution in [0.5, 0.6) is 0 Å². The summed E-state index contributed by atoms with van der Waals surface area (Å²) in [6.45, 7) is 9.13. The van der Waals surface area contributed by atoms with Crippen LogP contribution in [0.15, 0.2) is 71.8 Å². The number of rotatable bonds is 11. The van der Waals surface area contributed by atoms with Gasteiger partial charge in [0.2, 0.25) is 0 Å². The molecule has 0 aliphatic carbocycles. The van der Waals surface area contributed by atoms with Gasteiger partial charge in [0, 0.05) is 17.1 Å². The molecule has 1 amide bonds. The number of carbonyl (C=O) groups is 1. The maximum Gasteiger partial charge on any atom is 0.416 e. The molecule has 51 heavy (non-hydrogen) atoms. The maximum atomic E-state index is 13.5. The van der Waals surface area contributed by atoms with Crippen molar-refractivity contribution in [2.45, 2.75) is 97.1 Å². The number of hydrogen-bond acceptors (Lipinski definition) is 3. The van der Waals surface area contributed by atoms with Gasteiger partial charge >= 0.3 is 24.6 Å². The van der Waals surface area contributed by atoms with Crippen LogP contribution in [0.1, 0.15) is 94.7 Å². The van der Waals surface area contributed by atoms with Gasteiger partial charge in [0.05, 0.1) is 22.8 Å². The minimum absolute atomic E-state index is 0.0279. The first-order chi connectivity index (χ1) is 23.3. The fraction of sp³-hybridized carbons (Fsp3) is 0.432. The Morgan fingerprint density at radius 3 is 2.02 bits per heavy atom. The number of nitrogens with zero attached hydrogens (tertiary/aromatic N) is 1. The van der Waals surface area contributed by atoms with Gasteiger partial charge in [0.25, 0.3) is 0 Å². The molecule has 0 spiro atoms. The molecule has 1 aliphatic heterocycles. The van der Waals surface area contributed by atoms with Gasteiger partial charge in [-0.3, -0.25) is 0 Å². The second-order valence-corrected chi connectivity index (χ2v) is 13.4. The second kappa shape index (κ2) is 15.9. The molecule has 4 nitrogen and oxygen atoms in total. The van der Waals surface area contributed by atoms with E-state index in [1.54, 1.807) is 32.0 Å². The molecule has 280 valence electrons. The van der Waals surface area contributed by atoms with E-state index >= 15 is 0 Å². The van der Waals surface area contributed by atoms with Crippen molar-refractivity contribution in [1.82, 2.24) is 4.90 Å².